The van der Waals surface area contributed by atoms with Gasteiger partial charge in [0.15, 0.2) is 0 Å². The van der Waals surface area contributed by atoms with E-state index in [1.807, 2.05) is 13.0 Å². The minimum atomic E-state index is -0.206. The first-order chi connectivity index (χ1) is 10.7. The van der Waals surface area contributed by atoms with E-state index < -0.39 is 0 Å². The van der Waals surface area contributed by atoms with Crippen molar-refractivity contribution in [1.82, 2.24) is 20.4 Å². The number of carbonyl (C=O) groups is 1. The maximum Gasteiger partial charge on any atom is 0.321 e. The molecule has 0 aliphatic carbocycles. The normalized spacial score (nSPS) is 18.3. The van der Waals surface area contributed by atoms with Gasteiger partial charge in [0.2, 0.25) is 5.13 Å². The zero-order valence-electron chi connectivity index (χ0n) is 12.5. The van der Waals surface area contributed by atoms with Crippen LogP contribution in [0.25, 0.3) is 0 Å². The third-order valence-corrected chi connectivity index (χ3v) is 4.36. The van der Waals surface area contributed by atoms with Crippen molar-refractivity contribution in [1.29, 1.82) is 0 Å². The fourth-order valence-corrected chi connectivity index (χ4v) is 3.19. The van der Waals surface area contributed by atoms with Crippen LogP contribution in [0.1, 0.15) is 17.0 Å². The lowest BCUT2D eigenvalue weighted by Gasteiger charge is -2.16. The number of carbonyl (C=O) groups excluding carboxylic acids is 1. The fourth-order valence-electron chi connectivity index (χ4n) is 2.60. The molecule has 0 radical (unpaired) electrons. The molecule has 1 unspecified atom stereocenters. The van der Waals surface area contributed by atoms with Crippen LogP contribution < -0.4 is 10.6 Å². The maximum absolute atomic E-state index is 11.9. The Bertz CT molecular complexity index is 630. The summed E-state index contributed by atoms with van der Waals surface area (Å²) in [6, 6.07) is 10.4. The largest absolute Gasteiger partial charge is 0.334 e. The number of aromatic nitrogens is 2. The lowest BCUT2D eigenvalue weighted by molar-refractivity contribution is 0.247. The number of nitrogens with one attached hydrogen (secondary N) is 2. The molecule has 1 aromatic heterocycles. The second kappa shape index (κ2) is 6.85. The van der Waals surface area contributed by atoms with Crippen LogP contribution in [-0.4, -0.2) is 40.3 Å². The van der Waals surface area contributed by atoms with Crippen molar-refractivity contribution in [2.75, 3.05) is 18.4 Å². The van der Waals surface area contributed by atoms with Gasteiger partial charge < -0.3 is 5.32 Å². The molecule has 1 aliphatic heterocycles. The predicted octanol–water partition coefficient (Wildman–Crippen LogP) is 2.24. The minimum Gasteiger partial charge on any atom is -0.334 e. The second-order valence-electron chi connectivity index (χ2n) is 5.43. The number of nitrogens with zero attached hydrogens (tertiary/aromatic N) is 3. The Morgan fingerprint density at radius 1 is 1.36 bits per heavy atom. The summed E-state index contributed by atoms with van der Waals surface area (Å²) in [7, 11) is 0. The molecule has 7 heteroatoms. The number of likely N-dealkylation sites (tertiary alicyclic amines) is 1. The second-order valence-corrected chi connectivity index (χ2v) is 6.61. The zero-order chi connectivity index (χ0) is 15.4. The molecular formula is C15H19N5OS. The van der Waals surface area contributed by atoms with Crippen molar-refractivity contribution in [3.63, 3.8) is 0 Å². The smallest absolute Gasteiger partial charge is 0.321 e. The lowest BCUT2D eigenvalue weighted by Crippen LogP contribution is -2.39. The first-order valence-electron chi connectivity index (χ1n) is 7.33. The van der Waals surface area contributed by atoms with Gasteiger partial charge in [-0.15, -0.1) is 10.2 Å². The van der Waals surface area contributed by atoms with Gasteiger partial charge in [-0.25, -0.2) is 4.79 Å². The van der Waals surface area contributed by atoms with Gasteiger partial charge in [0.1, 0.15) is 5.01 Å². The van der Waals surface area contributed by atoms with Gasteiger partial charge in [0, 0.05) is 25.7 Å². The summed E-state index contributed by atoms with van der Waals surface area (Å²) < 4.78 is 0. The van der Waals surface area contributed by atoms with Crippen LogP contribution in [0, 0.1) is 6.92 Å². The molecule has 0 spiro atoms. The van der Waals surface area contributed by atoms with Crippen LogP contribution in [0.2, 0.25) is 0 Å². The maximum atomic E-state index is 11.9. The molecule has 2 N–H and O–H groups in total. The van der Waals surface area contributed by atoms with Crippen LogP contribution in [0.3, 0.4) is 0 Å². The van der Waals surface area contributed by atoms with Crippen molar-refractivity contribution in [2.24, 2.45) is 0 Å². The number of amides is 2. The van der Waals surface area contributed by atoms with Gasteiger partial charge in [-0.2, -0.15) is 0 Å². The Labute approximate surface area is 133 Å². The molecule has 6 nitrogen and oxygen atoms in total. The number of hydrogen-bond donors (Lipinski definition) is 2. The average Bonchev–Trinajstić information content (AvgIpc) is 3.09. The molecule has 116 valence electrons. The summed E-state index contributed by atoms with van der Waals surface area (Å²) in [5.74, 6) is 0. The Morgan fingerprint density at radius 3 is 2.91 bits per heavy atom. The van der Waals surface area contributed by atoms with Crippen molar-refractivity contribution in [3.05, 3.63) is 40.9 Å². The van der Waals surface area contributed by atoms with Crippen molar-refractivity contribution in [2.45, 2.75) is 25.9 Å². The molecule has 1 aliphatic rings. The quantitative estimate of drug-likeness (QED) is 0.907. The number of urea groups is 1. The van der Waals surface area contributed by atoms with Gasteiger partial charge >= 0.3 is 6.03 Å². The Balaban J connectivity index is 1.45. The summed E-state index contributed by atoms with van der Waals surface area (Å²) in [5.41, 5.74) is 1.30. The highest BCUT2D eigenvalue weighted by atomic mass is 32.1. The Hall–Kier alpha value is -1.99. The molecule has 2 heterocycles. The zero-order valence-corrected chi connectivity index (χ0v) is 13.3. The topological polar surface area (TPSA) is 70.1 Å². The van der Waals surface area contributed by atoms with Crippen LogP contribution in [0.15, 0.2) is 30.3 Å². The SMILES string of the molecule is Cc1nnc(NC(=O)NC2CCN(Cc3ccccc3)C2)s1. The molecule has 2 amide bonds. The highest BCUT2D eigenvalue weighted by Gasteiger charge is 2.24. The lowest BCUT2D eigenvalue weighted by atomic mass is 10.2. The number of anilines is 1. The van der Waals surface area contributed by atoms with Crippen molar-refractivity contribution in [3.8, 4) is 0 Å². The van der Waals surface area contributed by atoms with E-state index in [1.165, 1.54) is 16.9 Å². The van der Waals surface area contributed by atoms with Gasteiger partial charge in [-0.1, -0.05) is 41.7 Å². The van der Waals surface area contributed by atoms with Gasteiger partial charge in [0.25, 0.3) is 0 Å². The third-order valence-electron chi connectivity index (χ3n) is 3.60. The number of hydrogen-bond acceptors (Lipinski definition) is 5. The molecular weight excluding hydrogens is 298 g/mol. The molecule has 3 rings (SSSR count). The van der Waals surface area contributed by atoms with Crippen molar-refractivity contribution < 1.29 is 4.79 Å². The summed E-state index contributed by atoms with van der Waals surface area (Å²) >= 11 is 1.37. The molecule has 1 aromatic carbocycles. The van der Waals surface area contributed by atoms with Crippen LogP contribution in [-0.2, 0) is 6.54 Å². The van der Waals surface area contributed by atoms with Crippen LogP contribution in [0.5, 0.6) is 0 Å². The molecule has 0 bridgehead atoms. The van der Waals surface area contributed by atoms with Gasteiger partial charge in [-0.05, 0) is 18.9 Å². The highest BCUT2D eigenvalue weighted by Crippen LogP contribution is 2.15. The molecule has 1 saturated heterocycles. The van der Waals surface area contributed by atoms with E-state index in [4.69, 9.17) is 0 Å². The van der Waals surface area contributed by atoms with E-state index in [2.05, 4.69) is 50.0 Å². The molecule has 1 fully saturated rings. The number of aryl methyl sites for hydroxylation is 1. The summed E-state index contributed by atoms with van der Waals surface area (Å²) in [6.07, 6.45) is 0.968. The summed E-state index contributed by atoms with van der Waals surface area (Å²) in [4.78, 5) is 14.3. The monoisotopic (exact) mass is 317 g/mol. The summed E-state index contributed by atoms with van der Waals surface area (Å²) in [5, 5.41) is 14.9. The predicted molar refractivity (Wildman–Crippen MR) is 86.9 cm³/mol. The molecule has 22 heavy (non-hydrogen) atoms. The first-order valence-corrected chi connectivity index (χ1v) is 8.14. The molecule has 2 aromatic rings. The van der Waals surface area contributed by atoms with E-state index in [0.29, 0.717) is 5.13 Å². The third kappa shape index (κ3) is 4.02. The van der Waals surface area contributed by atoms with Crippen molar-refractivity contribution >= 4 is 22.5 Å². The van der Waals surface area contributed by atoms with Gasteiger partial charge in [-0.3, -0.25) is 10.2 Å². The van der Waals surface area contributed by atoms with Gasteiger partial charge in [0.05, 0.1) is 0 Å². The fraction of sp³-hybridized carbons (Fsp3) is 0.400. The highest BCUT2D eigenvalue weighted by molar-refractivity contribution is 7.15. The molecule has 1 atom stereocenters. The average molecular weight is 317 g/mol. The Kier molecular flexibility index (Phi) is 4.65. The summed E-state index contributed by atoms with van der Waals surface area (Å²) in [6.45, 7) is 4.66. The van der Waals surface area contributed by atoms with E-state index >= 15 is 0 Å². The van der Waals surface area contributed by atoms with E-state index in [-0.39, 0.29) is 12.1 Å². The number of rotatable bonds is 4. The van der Waals surface area contributed by atoms with E-state index in [9.17, 15) is 4.79 Å². The molecule has 0 saturated carbocycles. The van der Waals surface area contributed by atoms with E-state index in [0.717, 1.165) is 31.1 Å². The first kappa shape index (κ1) is 14.9. The standard InChI is InChI=1S/C15H19N5OS/c1-11-18-19-15(22-11)17-14(21)16-13-7-8-20(10-13)9-12-5-3-2-4-6-12/h2-6,13H,7-10H2,1H3,(H2,16,17,19,21). The van der Waals surface area contributed by atoms with Crippen LogP contribution in [0.4, 0.5) is 9.93 Å². The Morgan fingerprint density at radius 2 is 2.18 bits per heavy atom. The number of benzene rings is 1. The van der Waals surface area contributed by atoms with Crippen LogP contribution >= 0.6 is 11.3 Å². The van der Waals surface area contributed by atoms with E-state index in [1.54, 1.807) is 0 Å². The minimum absolute atomic E-state index is 0.178.